The molecule has 0 amide bonds. The molecule has 0 radical (unpaired) electrons. The number of rotatable bonds is 5. The van der Waals surface area contributed by atoms with Crippen molar-refractivity contribution in [2.24, 2.45) is 0 Å². The van der Waals surface area contributed by atoms with Crippen LogP contribution in [-0.2, 0) is 13.2 Å². The van der Waals surface area contributed by atoms with Crippen molar-refractivity contribution in [2.45, 2.75) is 19.1 Å². The predicted molar refractivity (Wildman–Crippen MR) is 90.4 cm³/mol. The van der Waals surface area contributed by atoms with Crippen molar-refractivity contribution in [3.8, 4) is 11.5 Å². The first kappa shape index (κ1) is 17.9. The van der Waals surface area contributed by atoms with E-state index in [1.807, 2.05) is 0 Å². The van der Waals surface area contributed by atoms with E-state index in [4.69, 9.17) is 8.83 Å². The van der Waals surface area contributed by atoms with Crippen LogP contribution in [0, 0.1) is 0 Å². The normalized spacial score (nSPS) is 11.2. The molecule has 8 nitrogen and oxygen atoms in total. The molecule has 0 unspecified atom stereocenters. The van der Waals surface area contributed by atoms with Crippen LogP contribution < -0.4 is 10.9 Å². The maximum absolute atomic E-state index is 12.0. The van der Waals surface area contributed by atoms with E-state index in [2.05, 4.69) is 0 Å². The fourth-order valence-electron chi connectivity index (χ4n) is 2.49. The third-order valence-corrected chi connectivity index (χ3v) is 4.60. The van der Waals surface area contributed by atoms with E-state index in [1.165, 1.54) is 11.3 Å². The van der Waals surface area contributed by atoms with Crippen molar-refractivity contribution in [2.75, 3.05) is 0 Å². The standard InChI is InChI=1S/C17H14O8S/c18-6-8-4-10(20)14(22)16(24-8)13(12-2-1-3-26-12)17-15(23)11(21)5-9(7-19)25-17/h1-5,13,18-19,22-23H,6-7H2. The highest BCUT2D eigenvalue weighted by Crippen LogP contribution is 2.40. The van der Waals surface area contributed by atoms with Crippen LogP contribution in [0.4, 0.5) is 0 Å². The lowest BCUT2D eigenvalue weighted by Gasteiger charge is -2.17. The second-order valence-electron chi connectivity index (χ2n) is 5.34. The van der Waals surface area contributed by atoms with Crippen molar-refractivity contribution in [3.63, 3.8) is 0 Å². The minimum atomic E-state index is -1.13. The van der Waals surface area contributed by atoms with Crippen LogP contribution in [0.25, 0.3) is 0 Å². The summed E-state index contributed by atoms with van der Waals surface area (Å²) < 4.78 is 10.8. The third kappa shape index (κ3) is 3.15. The fourth-order valence-corrected chi connectivity index (χ4v) is 3.31. The average molecular weight is 378 g/mol. The van der Waals surface area contributed by atoms with Gasteiger partial charge in [0.1, 0.15) is 30.7 Å². The zero-order valence-electron chi connectivity index (χ0n) is 13.2. The molecule has 0 aliphatic carbocycles. The number of aromatic hydroxyl groups is 2. The van der Waals surface area contributed by atoms with Gasteiger partial charge in [-0.05, 0) is 11.4 Å². The third-order valence-electron chi connectivity index (χ3n) is 3.66. The molecule has 3 aromatic rings. The quantitative estimate of drug-likeness (QED) is 0.519. The molecule has 3 aromatic heterocycles. The molecule has 0 saturated heterocycles. The van der Waals surface area contributed by atoms with Gasteiger partial charge in [0.2, 0.25) is 22.4 Å². The van der Waals surface area contributed by atoms with E-state index in [0.717, 1.165) is 12.1 Å². The summed E-state index contributed by atoms with van der Waals surface area (Å²) in [6.07, 6.45) is 0. The van der Waals surface area contributed by atoms with Gasteiger partial charge in [-0.15, -0.1) is 11.3 Å². The first-order valence-corrected chi connectivity index (χ1v) is 8.31. The fraction of sp³-hybridized carbons (Fsp3) is 0.176. The number of aliphatic hydroxyl groups excluding tert-OH is 2. The van der Waals surface area contributed by atoms with Gasteiger partial charge in [-0.2, -0.15) is 0 Å². The second kappa shape index (κ2) is 7.16. The van der Waals surface area contributed by atoms with Crippen molar-refractivity contribution < 1.29 is 29.3 Å². The van der Waals surface area contributed by atoms with Gasteiger partial charge in [0.15, 0.2) is 11.5 Å². The maximum atomic E-state index is 12.0. The Hall–Kier alpha value is -2.88. The molecule has 0 aliphatic heterocycles. The van der Waals surface area contributed by atoms with Gasteiger partial charge in [0.25, 0.3) is 0 Å². The molecule has 0 spiro atoms. The average Bonchev–Trinajstić information content (AvgIpc) is 3.16. The monoisotopic (exact) mass is 378 g/mol. The van der Waals surface area contributed by atoms with E-state index < -0.39 is 41.5 Å². The molecule has 4 N–H and O–H groups in total. The molecular weight excluding hydrogens is 364 g/mol. The molecule has 3 heterocycles. The van der Waals surface area contributed by atoms with Crippen LogP contribution in [0.5, 0.6) is 11.5 Å². The molecule has 3 rings (SSSR count). The Morgan fingerprint density at radius 3 is 1.81 bits per heavy atom. The molecule has 0 atom stereocenters. The summed E-state index contributed by atoms with van der Waals surface area (Å²) in [6.45, 7) is -1.18. The Kier molecular flexibility index (Phi) is 4.94. The van der Waals surface area contributed by atoms with Gasteiger partial charge in [-0.3, -0.25) is 9.59 Å². The summed E-state index contributed by atoms with van der Waals surface area (Å²) in [5.74, 6) is -3.41. The molecule has 0 saturated carbocycles. The van der Waals surface area contributed by atoms with Gasteiger partial charge in [0, 0.05) is 17.0 Å². The lowest BCUT2D eigenvalue weighted by Crippen LogP contribution is -2.13. The lowest BCUT2D eigenvalue weighted by atomic mass is 9.98. The van der Waals surface area contributed by atoms with Crippen molar-refractivity contribution in [1.82, 2.24) is 0 Å². The van der Waals surface area contributed by atoms with E-state index >= 15 is 0 Å². The van der Waals surface area contributed by atoms with Crippen LogP contribution in [0.1, 0.15) is 33.8 Å². The first-order valence-electron chi connectivity index (χ1n) is 7.43. The van der Waals surface area contributed by atoms with Crippen molar-refractivity contribution >= 4 is 11.3 Å². The molecular formula is C17H14O8S. The number of aliphatic hydroxyl groups is 2. The topological polar surface area (TPSA) is 141 Å². The zero-order chi connectivity index (χ0) is 18.8. The van der Waals surface area contributed by atoms with Gasteiger partial charge >= 0.3 is 0 Å². The highest BCUT2D eigenvalue weighted by atomic mass is 32.1. The van der Waals surface area contributed by atoms with Gasteiger partial charge in [0.05, 0.1) is 0 Å². The van der Waals surface area contributed by atoms with E-state index in [0.29, 0.717) is 4.88 Å². The molecule has 9 heteroatoms. The highest BCUT2D eigenvalue weighted by molar-refractivity contribution is 7.10. The van der Waals surface area contributed by atoms with Crippen molar-refractivity contribution in [1.29, 1.82) is 0 Å². The Balaban J connectivity index is 2.35. The van der Waals surface area contributed by atoms with Gasteiger partial charge in [-0.1, -0.05) is 6.07 Å². The summed E-state index contributed by atoms with van der Waals surface area (Å²) in [5, 5.41) is 40.7. The van der Waals surface area contributed by atoms with Crippen LogP contribution in [-0.4, -0.2) is 20.4 Å². The SMILES string of the molecule is O=c1cc(CO)oc(C(c2cccs2)c2oc(CO)cc(=O)c2O)c1O. The Morgan fingerprint density at radius 1 is 0.923 bits per heavy atom. The zero-order valence-corrected chi connectivity index (χ0v) is 14.0. The molecule has 0 aromatic carbocycles. The number of thiophene rings is 1. The number of hydrogen-bond acceptors (Lipinski definition) is 9. The van der Waals surface area contributed by atoms with Crippen LogP contribution in [0.2, 0.25) is 0 Å². The van der Waals surface area contributed by atoms with Crippen LogP contribution in [0.15, 0.2) is 48.1 Å². The molecule has 26 heavy (non-hydrogen) atoms. The molecule has 136 valence electrons. The summed E-state index contributed by atoms with van der Waals surface area (Å²) in [6, 6.07) is 5.18. The van der Waals surface area contributed by atoms with Crippen molar-refractivity contribution in [3.05, 3.63) is 78.0 Å². The highest BCUT2D eigenvalue weighted by Gasteiger charge is 2.32. The number of hydrogen-bond donors (Lipinski definition) is 4. The van der Waals surface area contributed by atoms with Gasteiger partial charge in [-0.25, -0.2) is 0 Å². The Labute approximate surface area is 149 Å². The Bertz CT molecular complexity index is 964. The van der Waals surface area contributed by atoms with E-state index in [-0.39, 0.29) is 23.0 Å². The minimum absolute atomic E-state index is 0.107. The maximum Gasteiger partial charge on any atom is 0.227 e. The van der Waals surface area contributed by atoms with Crippen LogP contribution >= 0.6 is 11.3 Å². The van der Waals surface area contributed by atoms with E-state index in [1.54, 1.807) is 17.5 Å². The lowest BCUT2D eigenvalue weighted by molar-refractivity contribution is 0.225. The predicted octanol–water partition coefficient (Wildman–Crippen LogP) is 1.23. The summed E-state index contributed by atoms with van der Waals surface area (Å²) in [5.41, 5.74) is -1.59. The van der Waals surface area contributed by atoms with E-state index in [9.17, 15) is 30.0 Å². The molecule has 0 bridgehead atoms. The Morgan fingerprint density at radius 2 is 1.42 bits per heavy atom. The van der Waals surface area contributed by atoms with Crippen LogP contribution in [0.3, 0.4) is 0 Å². The first-order chi connectivity index (χ1) is 12.5. The summed E-state index contributed by atoms with van der Waals surface area (Å²) in [4.78, 5) is 24.5. The largest absolute Gasteiger partial charge is 0.502 e. The molecule has 0 aliphatic rings. The minimum Gasteiger partial charge on any atom is -0.502 e. The summed E-state index contributed by atoms with van der Waals surface area (Å²) in [7, 11) is 0. The summed E-state index contributed by atoms with van der Waals surface area (Å²) >= 11 is 1.21. The second-order valence-corrected chi connectivity index (χ2v) is 6.32. The van der Waals surface area contributed by atoms with Gasteiger partial charge < -0.3 is 29.3 Å². The smallest absolute Gasteiger partial charge is 0.227 e. The molecule has 0 fully saturated rings.